The van der Waals surface area contributed by atoms with Crippen LogP contribution in [0.2, 0.25) is 0 Å². The second kappa shape index (κ2) is 8.20. The summed E-state index contributed by atoms with van der Waals surface area (Å²) in [7, 11) is 1.59. The minimum absolute atomic E-state index is 0.273. The Morgan fingerprint density at radius 3 is 2.41 bits per heavy atom. The number of para-hydroxylation sites is 1. The Morgan fingerprint density at radius 2 is 1.73 bits per heavy atom. The summed E-state index contributed by atoms with van der Waals surface area (Å²) in [5, 5.41) is 0. The molecule has 0 saturated heterocycles. The van der Waals surface area contributed by atoms with Gasteiger partial charge in [0.1, 0.15) is 5.75 Å². The van der Waals surface area contributed by atoms with E-state index in [1.54, 1.807) is 7.11 Å². The van der Waals surface area contributed by atoms with Crippen LogP contribution in [0.3, 0.4) is 0 Å². The normalized spacial score (nSPS) is 11.7. The standard InChI is InChI=1S/C18H20O4/c1-14(19)22-18(16-10-6-7-11-17(16)20-2)13-21-12-15-8-4-3-5-9-15/h3-11,18H,12-13H2,1-2H3. The van der Waals surface area contributed by atoms with E-state index in [4.69, 9.17) is 14.2 Å². The van der Waals surface area contributed by atoms with Gasteiger partial charge in [0.25, 0.3) is 0 Å². The lowest BCUT2D eigenvalue weighted by Crippen LogP contribution is -2.15. The molecule has 0 spiro atoms. The third kappa shape index (κ3) is 4.60. The Kier molecular flexibility index (Phi) is 5.98. The lowest BCUT2D eigenvalue weighted by atomic mass is 10.1. The summed E-state index contributed by atoms with van der Waals surface area (Å²) in [5.41, 5.74) is 1.87. The van der Waals surface area contributed by atoms with Gasteiger partial charge in [-0.25, -0.2) is 0 Å². The fraction of sp³-hybridized carbons (Fsp3) is 0.278. The van der Waals surface area contributed by atoms with E-state index in [2.05, 4.69) is 0 Å². The van der Waals surface area contributed by atoms with Crippen LogP contribution < -0.4 is 4.74 Å². The first-order valence-electron chi connectivity index (χ1n) is 7.12. The lowest BCUT2D eigenvalue weighted by Gasteiger charge is -2.19. The molecule has 0 N–H and O–H groups in total. The highest BCUT2D eigenvalue weighted by Crippen LogP contribution is 2.28. The van der Waals surface area contributed by atoms with E-state index in [1.807, 2.05) is 54.6 Å². The smallest absolute Gasteiger partial charge is 0.303 e. The fourth-order valence-electron chi connectivity index (χ4n) is 2.18. The van der Waals surface area contributed by atoms with Gasteiger partial charge in [-0.3, -0.25) is 4.79 Å². The molecule has 0 radical (unpaired) electrons. The van der Waals surface area contributed by atoms with Crippen molar-refractivity contribution in [2.45, 2.75) is 19.6 Å². The molecule has 2 rings (SSSR count). The van der Waals surface area contributed by atoms with Crippen LogP contribution in [0.4, 0.5) is 0 Å². The molecule has 0 aromatic heterocycles. The van der Waals surface area contributed by atoms with Gasteiger partial charge in [-0.2, -0.15) is 0 Å². The number of hydrogen-bond donors (Lipinski definition) is 0. The largest absolute Gasteiger partial charge is 0.496 e. The molecule has 0 bridgehead atoms. The Morgan fingerprint density at radius 1 is 1.05 bits per heavy atom. The molecule has 0 amide bonds. The average molecular weight is 300 g/mol. The van der Waals surface area contributed by atoms with E-state index >= 15 is 0 Å². The minimum atomic E-state index is -0.489. The van der Waals surface area contributed by atoms with Crippen molar-refractivity contribution in [2.75, 3.05) is 13.7 Å². The molecule has 2 aromatic carbocycles. The van der Waals surface area contributed by atoms with Crippen molar-refractivity contribution in [2.24, 2.45) is 0 Å². The molecule has 1 unspecified atom stereocenters. The highest BCUT2D eigenvalue weighted by Gasteiger charge is 2.19. The highest BCUT2D eigenvalue weighted by molar-refractivity contribution is 5.66. The number of rotatable bonds is 7. The summed E-state index contributed by atoms with van der Waals surface area (Å²) >= 11 is 0. The predicted molar refractivity (Wildman–Crippen MR) is 83.6 cm³/mol. The molecule has 22 heavy (non-hydrogen) atoms. The van der Waals surface area contributed by atoms with Crippen LogP contribution in [0.1, 0.15) is 24.2 Å². The van der Waals surface area contributed by atoms with Crippen LogP contribution >= 0.6 is 0 Å². The SMILES string of the molecule is COc1ccccc1C(COCc1ccccc1)OC(C)=O. The van der Waals surface area contributed by atoms with Crippen molar-refractivity contribution in [3.8, 4) is 5.75 Å². The molecule has 0 aliphatic heterocycles. The molecular formula is C18H20O4. The van der Waals surface area contributed by atoms with E-state index in [9.17, 15) is 4.79 Å². The molecular weight excluding hydrogens is 280 g/mol. The van der Waals surface area contributed by atoms with Crippen LogP contribution in [-0.4, -0.2) is 19.7 Å². The van der Waals surface area contributed by atoms with Crippen LogP contribution in [0.5, 0.6) is 5.75 Å². The molecule has 1 atom stereocenters. The van der Waals surface area contributed by atoms with Crippen molar-refractivity contribution in [3.05, 3.63) is 65.7 Å². The van der Waals surface area contributed by atoms with Crippen molar-refractivity contribution < 1.29 is 19.0 Å². The summed E-state index contributed by atoms with van der Waals surface area (Å²) in [6.07, 6.45) is -0.489. The maximum Gasteiger partial charge on any atom is 0.303 e. The number of ether oxygens (including phenoxy) is 3. The Bertz CT molecular complexity index is 595. The zero-order chi connectivity index (χ0) is 15.8. The number of methoxy groups -OCH3 is 1. The number of hydrogen-bond acceptors (Lipinski definition) is 4. The van der Waals surface area contributed by atoms with Gasteiger partial charge >= 0.3 is 5.97 Å². The number of carbonyl (C=O) groups excluding carboxylic acids is 1. The summed E-state index contributed by atoms with van der Waals surface area (Å²) in [6.45, 7) is 2.13. The molecule has 4 nitrogen and oxygen atoms in total. The molecule has 0 aliphatic rings. The third-order valence-electron chi connectivity index (χ3n) is 3.17. The van der Waals surface area contributed by atoms with Gasteiger partial charge in [-0.15, -0.1) is 0 Å². The van der Waals surface area contributed by atoms with E-state index in [0.717, 1.165) is 11.1 Å². The first kappa shape index (κ1) is 16.0. The summed E-state index contributed by atoms with van der Waals surface area (Å²) in [4.78, 5) is 11.3. The van der Waals surface area contributed by atoms with Gasteiger partial charge in [0, 0.05) is 12.5 Å². The van der Waals surface area contributed by atoms with Gasteiger partial charge < -0.3 is 14.2 Å². The van der Waals surface area contributed by atoms with Crippen molar-refractivity contribution in [3.63, 3.8) is 0 Å². The van der Waals surface area contributed by atoms with E-state index in [0.29, 0.717) is 12.4 Å². The van der Waals surface area contributed by atoms with E-state index < -0.39 is 6.10 Å². The first-order valence-corrected chi connectivity index (χ1v) is 7.12. The van der Waals surface area contributed by atoms with E-state index in [-0.39, 0.29) is 12.6 Å². The predicted octanol–water partition coefficient (Wildman–Crippen LogP) is 3.52. The Labute approximate surface area is 130 Å². The third-order valence-corrected chi connectivity index (χ3v) is 3.17. The minimum Gasteiger partial charge on any atom is -0.496 e. The second-order valence-electron chi connectivity index (χ2n) is 4.84. The molecule has 0 saturated carbocycles. The molecule has 0 fully saturated rings. The number of benzene rings is 2. The van der Waals surface area contributed by atoms with Gasteiger partial charge in [0.05, 0.1) is 20.3 Å². The van der Waals surface area contributed by atoms with Crippen LogP contribution in [0.15, 0.2) is 54.6 Å². The first-order chi connectivity index (χ1) is 10.7. The molecule has 4 heteroatoms. The fourth-order valence-corrected chi connectivity index (χ4v) is 2.18. The topological polar surface area (TPSA) is 44.8 Å². The van der Waals surface area contributed by atoms with Gasteiger partial charge in [0.15, 0.2) is 6.10 Å². The average Bonchev–Trinajstić information content (AvgIpc) is 2.54. The van der Waals surface area contributed by atoms with Crippen molar-refractivity contribution >= 4 is 5.97 Å². The second-order valence-corrected chi connectivity index (χ2v) is 4.84. The summed E-state index contributed by atoms with van der Waals surface area (Å²) in [6, 6.07) is 17.3. The van der Waals surface area contributed by atoms with Gasteiger partial charge in [-0.05, 0) is 11.6 Å². The molecule has 116 valence electrons. The van der Waals surface area contributed by atoms with Gasteiger partial charge in [0.2, 0.25) is 0 Å². The van der Waals surface area contributed by atoms with Crippen molar-refractivity contribution in [1.82, 2.24) is 0 Å². The Hall–Kier alpha value is -2.33. The summed E-state index contributed by atoms with van der Waals surface area (Å²) < 4.78 is 16.4. The molecule has 0 aliphatic carbocycles. The van der Waals surface area contributed by atoms with Crippen molar-refractivity contribution in [1.29, 1.82) is 0 Å². The maximum atomic E-state index is 11.3. The quantitative estimate of drug-likeness (QED) is 0.734. The van der Waals surface area contributed by atoms with Crippen LogP contribution in [0, 0.1) is 0 Å². The van der Waals surface area contributed by atoms with Crippen LogP contribution in [-0.2, 0) is 20.9 Å². The maximum absolute atomic E-state index is 11.3. The lowest BCUT2D eigenvalue weighted by molar-refractivity contribution is -0.150. The van der Waals surface area contributed by atoms with Crippen LogP contribution in [0.25, 0.3) is 0 Å². The zero-order valence-electron chi connectivity index (χ0n) is 12.8. The highest BCUT2D eigenvalue weighted by atomic mass is 16.6. The van der Waals surface area contributed by atoms with E-state index in [1.165, 1.54) is 6.92 Å². The molecule has 0 heterocycles. The van der Waals surface area contributed by atoms with Gasteiger partial charge in [-0.1, -0.05) is 48.5 Å². The monoisotopic (exact) mass is 300 g/mol. The number of carbonyl (C=O) groups is 1. The zero-order valence-corrected chi connectivity index (χ0v) is 12.8. The number of esters is 1. The summed E-state index contributed by atoms with van der Waals surface area (Å²) in [5.74, 6) is 0.330. The molecule has 2 aromatic rings. The Balaban J connectivity index is 2.04.